The van der Waals surface area contributed by atoms with Crippen molar-refractivity contribution >= 4 is 5.82 Å². The molecule has 1 aliphatic carbocycles. The molecular weight excluding hydrogens is 202 g/mol. The number of hydrogen-bond acceptors (Lipinski definition) is 4. The molecule has 1 heterocycles. The van der Waals surface area contributed by atoms with Gasteiger partial charge in [-0.2, -0.15) is 0 Å². The van der Waals surface area contributed by atoms with Crippen LogP contribution >= 0.6 is 0 Å². The van der Waals surface area contributed by atoms with Crippen LogP contribution in [0.25, 0.3) is 0 Å². The van der Waals surface area contributed by atoms with E-state index in [0.717, 1.165) is 31.8 Å². The third-order valence-corrected chi connectivity index (χ3v) is 2.72. The number of nitrogens with one attached hydrogen (secondary N) is 1. The van der Waals surface area contributed by atoms with E-state index in [-0.39, 0.29) is 6.10 Å². The van der Waals surface area contributed by atoms with Gasteiger partial charge in [-0.3, -0.25) is 0 Å². The van der Waals surface area contributed by atoms with Crippen LogP contribution in [0.5, 0.6) is 0 Å². The van der Waals surface area contributed by atoms with E-state index in [1.54, 1.807) is 6.33 Å². The summed E-state index contributed by atoms with van der Waals surface area (Å²) in [6.07, 6.45) is 5.33. The van der Waals surface area contributed by atoms with Crippen molar-refractivity contribution in [2.75, 3.05) is 18.5 Å². The number of nitrogens with zero attached hydrogens (tertiary/aromatic N) is 2. The van der Waals surface area contributed by atoms with Gasteiger partial charge in [0, 0.05) is 17.8 Å². The molecule has 0 fully saturated rings. The molecule has 0 atom stereocenters. The first-order valence-electron chi connectivity index (χ1n) is 5.95. The molecule has 0 bridgehead atoms. The zero-order chi connectivity index (χ0) is 11.4. The van der Waals surface area contributed by atoms with Gasteiger partial charge in [-0.25, -0.2) is 9.97 Å². The van der Waals surface area contributed by atoms with Gasteiger partial charge in [0.2, 0.25) is 0 Å². The molecule has 1 aromatic heterocycles. The first-order chi connectivity index (χ1) is 7.77. The zero-order valence-corrected chi connectivity index (χ0v) is 9.99. The van der Waals surface area contributed by atoms with E-state index in [4.69, 9.17) is 4.74 Å². The van der Waals surface area contributed by atoms with Crippen LogP contribution < -0.4 is 5.32 Å². The van der Waals surface area contributed by atoms with Crippen molar-refractivity contribution in [2.45, 2.75) is 39.2 Å². The molecule has 1 aliphatic rings. The molecule has 2 rings (SSSR count). The van der Waals surface area contributed by atoms with Crippen molar-refractivity contribution in [2.24, 2.45) is 0 Å². The van der Waals surface area contributed by atoms with E-state index in [2.05, 4.69) is 15.3 Å². The lowest BCUT2D eigenvalue weighted by atomic mass is 10.2. The van der Waals surface area contributed by atoms with Gasteiger partial charge in [0.1, 0.15) is 12.1 Å². The molecule has 0 unspecified atom stereocenters. The summed E-state index contributed by atoms with van der Waals surface area (Å²) in [7, 11) is 0. The second-order valence-corrected chi connectivity index (χ2v) is 4.35. The van der Waals surface area contributed by atoms with Gasteiger partial charge in [0.15, 0.2) is 0 Å². The second kappa shape index (κ2) is 5.25. The Bertz CT molecular complexity index is 352. The van der Waals surface area contributed by atoms with Gasteiger partial charge in [0.25, 0.3) is 0 Å². The quantitative estimate of drug-likeness (QED) is 0.770. The van der Waals surface area contributed by atoms with Crippen molar-refractivity contribution in [1.82, 2.24) is 9.97 Å². The fourth-order valence-corrected chi connectivity index (χ4v) is 1.98. The Morgan fingerprint density at radius 1 is 1.38 bits per heavy atom. The lowest BCUT2D eigenvalue weighted by Crippen LogP contribution is -2.15. The first kappa shape index (κ1) is 11.3. The number of anilines is 1. The Balaban J connectivity index is 1.88. The fraction of sp³-hybridized carbons (Fsp3) is 0.667. The smallest absolute Gasteiger partial charge is 0.132 e. The van der Waals surface area contributed by atoms with Crippen molar-refractivity contribution in [3.05, 3.63) is 17.6 Å². The van der Waals surface area contributed by atoms with Gasteiger partial charge in [-0.05, 0) is 33.1 Å². The average Bonchev–Trinajstić information content (AvgIpc) is 2.72. The molecule has 0 saturated carbocycles. The molecule has 4 heteroatoms. The lowest BCUT2D eigenvalue weighted by Gasteiger charge is -2.11. The molecule has 0 amide bonds. The molecule has 0 radical (unpaired) electrons. The van der Waals surface area contributed by atoms with Crippen LogP contribution in [0, 0.1) is 0 Å². The minimum absolute atomic E-state index is 0.290. The van der Waals surface area contributed by atoms with E-state index >= 15 is 0 Å². The van der Waals surface area contributed by atoms with Gasteiger partial charge >= 0.3 is 0 Å². The minimum atomic E-state index is 0.290. The van der Waals surface area contributed by atoms with Crippen LogP contribution in [0.15, 0.2) is 6.33 Å². The number of ether oxygens (including phenoxy) is 1. The summed E-state index contributed by atoms with van der Waals surface area (Å²) in [5.41, 5.74) is 2.51. The number of aromatic nitrogens is 2. The first-order valence-corrected chi connectivity index (χ1v) is 5.95. The van der Waals surface area contributed by atoms with Gasteiger partial charge in [-0.15, -0.1) is 0 Å². The molecular formula is C12H19N3O. The summed E-state index contributed by atoms with van der Waals surface area (Å²) in [5, 5.41) is 3.32. The molecule has 16 heavy (non-hydrogen) atoms. The predicted molar refractivity (Wildman–Crippen MR) is 63.6 cm³/mol. The maximum atomic E-state index is 5.48. The summed E-state index contributed by atoms with van der Waals surface area (Å²) in [5.74, 6) is 0.995. The van der Waals surface area contributed by atoms with E-state index < -0.39 is 0 Å². The van der Waals surface area contributed by atoms with Crippen LogP contribution in [0.3, 0.4) is 0 Å². The number of hydrogen-bond donors (Lipinski definition) is 1. The predicted octanol–water partition coefficient (Wildman–Crippen LogP) is 1.80. The summed E-state index contributed by atoms with van der Waals surface area (Å²) in [6.45, 7) is 5.61. The fourth-order valence-electron chi connectivity index (χ4n) is 1.98. The summed E-state index contributed by atoms with van der Waals surface area (Å²) >= 11 is 0. The summed E-state index contributed by atoms with van der Waals surface area (Å²) < 4.78 is 5.48. The maximum Gasteiger partial charge on any atom is 0.132 e. The largest absolute Gasteiger partial charge is 0.377 e. The number of fused-ring (bicyclic) bond motifs is 1. The highest BCUT2D eigenvalue weighted by Gasteiger charge is 2.16. The third kappa shape index (κ3) is 2.70. The normalized spacial score (nSPS) is 14.2. The topological polar surface area (TPSA) is 47.0 Å². The van der Waals surface area contributed by atoms with Crippen molar-refractivity contribution in [3.8, 4) is 0 Å². The van der Waals surface area contributed by atoms with Crippen LogP contribution in [0.2, 0.25) is 0 Å². The Kier molecular flexibility index (Phi) is 3.72. The van der Waals surface area contributed by atoms with Crippen LogP contribution in [0.4, 0.5) is 5.82 Å². The Hall–Kier alpha value is -1.16. The highest BCUT2D eigenvalue weighted by atomic mass is 16.5. The second-order valence-electron chi connectivity index (χ2n) is 4.35. The average molecular weight is 221 g/mol. The number of rotatable bonds is 5. The highest BCUT2D eigenvalue weighted by Crippen LogP contribution is 2.24. The van der Waals surface area contributed by atoms with E-state index in [9.17, 15) is 0 Å². The van der Waals surface area contributed by atoms with Crippen molar-refractivity contribution < 1.29 is 4.74 Å². The minimum Gasteiger partial charge on any atom is -0.377 e. The molecule has 88 valence electrons. The van der Waals surface area contributed by atoms with Crippen LogP contribution in [-0.2, 0) is 17.6 Å². The Morgan fingerprint density at radius 3 is 3.06 bits per heavy atom. The Labute approximate surface area is 96.4 Å². The molecule has 1 N–H and O–H groups in total. The highest BCUT2D eigenvalue weighted by molar-refractivity contribution is 5.47. The van der Waals surface area contributed by atoms with Crippen LogP contribution in [0.1, 0.15) is 31.5 Å². The van der Waals surface area contributed by atoms with E-state index in [1.807, 2.05) is 13.8 Å². The van der Waals surface area contributed by atoms with E-state index in [1.165, 1.54) is 17.7 Å². The van der Waals surface area contributed by atoms with Crippen molar-refractivity contribution in [3.63, 3.8) is 0 Å². The van der Waals surface area contributed by atoms with Gasteiger partial charge in [-0.1, -0.05) is 0 Å². The molecule has 0 aliphatic heterocycles. The van der Waals surface area contributed by atoms with Crippen LogP contribution in [-0.4, -0.2) is 29.2 Å². The van der Waals surface area contributed by atoms with Gasteiger partial charge in [0.05, 0.1) is 12.7 Å². The summed E-state index contributed by atoms with van der Waals surface area (Å²) in [6, 6.07) is 0. The standard InChI is InChI=1S/C12H19N3O/c1-9(2)16-7-6-13-12-10-4-3-5-11(10)14-8-15-12/h8-9H,3-7H2,1-2H3,(H,13,14,15). The Morgan fingerprint density at radius 2 is 2.25 bits per heavy atom. The molecule has 0 aromatic carbocycles. The zero-order valence-electron chi connectivity index (χ0n) is 9.99. The number of aryl methyl sites for hydroxylation is 1. The maximum absolute atomic E-state index is 5.48. The molecule has 0 saturated heterocycles. The lowest BCUT2D eigenvalue weighted by molar-refractivity contribution is 0.0870. The SMILES string of the molecule is CC(C)OCCNc1ncnc2c1CCC2. The van der Waals surface area contributed by atoms with Gasteiger partial charge < -0.3 is 10.1 Å². The van der Waals surface area contributed by atoms with Crippen molar-refractivity contribution in [1.29, 1.82) is 0 Å². The molecule has 4 nitrogen and oxygen atoms in total. The summed E-state index contributed by atoms with van der Waals surface area (Å²) in [4.78, 5) is 8.58. The van der Waals surface area contributed by atoms with E-state index in [0.29, 0.717) is 0 Å². The molecule has 1 aromatic rings. The third-order valence-electron chi connectivity index (χ3n) is 2.72. The molecule has 0 spiro atoms. The monoisotopic (exact) mass is 221 g/mol.